The topological polar surface area (TPSA) is 43.8 Å². The number of aromatic nitrogens is 2. The molecule has 0 spiro atoms. The molecule has 0 aliphatic heterocycles. The molecular formula is C16H22BrN3. The van der Waals surface area contributed by atoms with Crippen LogP contribution in [0.1, 0.15) is 30.8 Å². The van der Waals surface area contributed by atoms with Gasteiger partial charge in [-0.2, -0.15) is 5.10 Å². The van der Waals surface area contributed by atoms with E-state index >= 15 is 0 Å². The van der Waals surface area contributed by atoms with Crippen molar-refractivity contribution in [1.82, 2.24) is 9.78 Å². The Kier molecular flexibility index (Phi) is 5.38. The number of hydrogen-bond acceptors (Lipinski definition) is 2. The quantitative estimate of drug-likeness (QED) is 0.879. The summed E-state index contributed by atoms with van der Waals surface area (Å²) in [6.07, 6.45) is 2.68. The minimum Gasteiger partial charge on any atom is -0.327 e. The van der Waals surface area contributed by atoms with Gasteiger partial charge in [0.2, 0.25) is 0 Å². The lowest BCUT2D eigenvalue weighted by atomic mass is 10.0. The minimum absolute atomic E-state index is 0.111. The summed E-state index contributed by atoms with van der Waals surface area (Å²) >= 11 is 3.68. The third-order valence-electron chi connectivity index (χ3n) is 3.49. The van der Waals surface area contributed by atoms with E-state index in [0.29, 0.717) is 0 Å². The van der Waals surface area contributed by atoms with Gasteiger partial charge in [-0.1, -0.05) is 37.3 Å². The number of nitrogens with two attached hydrogens (primary N) is 1. The van der Waals surface area contributed by atoms with Crippen molar-refractivity contribution in [2.75, 3.05) is 0 Å². The van der Waals surface area contributed by atoms with Crippen LogP contribution in [0.4, 0.5) is 0 Å². The van der Waals surface area contributed by atoms with Gasteiger partial charge in [-0.05, 0) is 41.3 Å². The molecule has 4 heteroatoms. The van der Waals surface area contributed by atoms with Crippen LogP contribution in [0.25, 0.3) is 0 Å². The molecule has 1 heterocycles. The van der Waals surface area contributed by atoms with E-state index in [2.05, 4.69) is 63.8 Å². The van der Waals surface area contributed by atoms with E-state index in [4.69, 9.17) is 5.73 Å². The number of nitrogens with zero attached hydrogens (tertiary/aromatic N) is 2. The van der Waals surface area contributed by atoms with Crippen molar-refractivity contribution < 1.29 is 0 Å². The van der Waals surface area contributed by atoms with Gasteiger partial charge < -0.3 is 5.73 Å². The fourth-order valence-electron chi connectivity index (χ4n) is 2.45. The van der Waals surface area contributed by atoms with Crippen LogP contribution < -0.4 is 5.73 Å². The average molecular weight is 336 g/mol. The Bertz CT molecular complexity index is 548. The smallest absolute Gasteiger partial charge is 0.0766 e. The minimum atomic E-state index is 0.111. The van der Waals surface area contributed by atoms with E-state index in [9.17, 15) is 0 Å². The van der Waals surface area contributed by atoms with E-state index in [1.54, 1.807) is 0 Å². The van der Waals surface area contributed by atoms with Crippen LogP contribution in [0.15, 0.2) is 34.8 Å². The molecule has 0 saturated carbocycles. The van der Waals surface area contributed by atoms with Gasteiger partial charge in [0.25, 0.3) is 0 Å². The van der Waals surface area contributed by atoms with E-state index in [0.717, 1.165) is 36.0 Å². The first-order valence-electron chi connectivity index (χ1n) is 7.19. The summed E-state index contributed by atoms with van der Waals surface area (Å²) in [6, 6.07) is 10.5. The molecule has 0 saturated heterocycles. The van der Waals surface area contributed by atoms with Crippen LogP contribution in [0.3, 0.4) is 0 Å². The molecule has 1 unspecified atom stereocenters. The summed E-state index contributed by atoms with van der Waals surface area (Å²) in [4.78, 5) is 0. The van der Waals surface area contributed by atoms with Gasteiger partial charge in [-0.3, -0.25) is 4.68 Å². The summed E-state index contributed by atoms with van der Waals surface area (Å²) in [7, 11) is 0. The Morgan fingerprint density at radius 2 is 1.90 bits per heavy atom. The van der Waals surface area contributed by atoms with Crippen LogP contribution in [0.2, 0.25) is 0 Å². The second kappa shape index (κ2) is 7.04. The molecule has 1 atom stereocenters. The first-order valence-corrected chi connectivity index (χ1v) is 7.98. The zero-order valence-electron chi connectivity index (χ0n) is 12.1. The van der Waals surface area contributed by atoms with Crippen molar-refractivity contribution in [3.8, 4) is 0 Å². The first kappa shape index (κ1) is 15.3. The molecule has 0 amide bonds. The number of benzene rings is 1. The molecule has 0 bridgehead atoms. The van der Waals surface area contributed by atoms with Gasteiger partial charge in [0, 0.05) is 19.0 Å². The summed E-state index contributed by atoms with van der Waals surface area (Å²) in [6.45, 7) is 5.12. The second-order valence-corrected chi connectivity index (χ2v) is 5.82. The average Bonchev–Trinajstić information content (AvgIpc) is 2.76. The lowest BCUT2D eigenvalue weighted by Gasteiger charge is -2.13. The third kappa shape index (κ3) is 3.49. The summed E-state index contributed by atoms with van der Waals surface area (Å²) < 4.78 is 3.19. The SMILES string of the molecule is CCc1nn(CC)c(CC(N)Cc2ccccc2)c1Br. The van der Waals surface area contributed by atoms with Crippen molar-refractivity contribution in [2.24, 2.45) is 5.73 Å². The van der Waals surface area contributed by atoms with E-state index < -0.39 is 0 Å². The monoisotopic (exact) mass is 335 g/mol. The number of halogens is 1. The van der Waals surface area contributed by atoms with Crippen molar-refractivity contribution in [2.45, 2.75) is 45.7 Å². The zero-order valence-corrected chi connectivity index (χ0v) is 13.7. The highest BCUT2D eigenvalue weighted by atomic mass is 79.9. The van der Waals surface area contributed by atoms with Gasteiger partial charge in [0.05, 0.1) is 15.9 Å². The number of aryl methyl sites for hydroxylation is 2. The van der Waals surface area contributed by atoms with Crippen molar-refractivity contribution in [3.63, 3.8) is 0 Å². The van der Waals surface area contributed by atoms with E-state index in [-0.39, 0.29) is 6.04 Å². The van der Waals surface area contributed by atoms with Crippen LogP contribution in [-0.2, 0) is 25.8 Å². The Morgan fingerprint density at radius 3 is 2.50 bits per heavy atom. The van der Waals surface area contributed by atoms with Crippen LogP contribution >= 0.6 is 15.9 Å². The predicted molar refractivity (Wildman–Crippen MR) is 86.8 cm³/mol. The largest absolute Gasteiger partial charge is 0.327 e. The second-order valence-electron chi connectivity index (χ2n) is 5.03. The lowest BCUT2D eigenvalue weighted by Crippen LogP contribution is -2.27. The van der Waals surface area contributed by atoms with Crippen molar-refractivity contribution in [3.05, 3.63) is 51.8 Å². The van der Waals surface area contributed by atoms with Crippen molar-refractivity contribution >= 4 is 15.9 Å². The van der Waals surface area contributed by atoms with E-state index in [1.807, 2.05) is 6.07 Å². The van der Waals surface area contributed by atoms with Gasteiger partial charge in [0.1, 0.15) is 0 Å². The molecule has 0 radical (unpaired) electrons. The van der Waals surface area contributed by atoms with Crippen LogP contribution in [0, 0.1) is 0 Å². The molecule has 0 aliphatic rings. The van der Waals surface area contributed by atoms with Crippen LogP contribution in [0.5, 0.6) is 0 Å². The highest BCUT2D eigenvalue weighted by Crippen LogP contribution is 2.23. The lowest BCUT2D eigenvalue weighted by molar-refractivity contribution is 0.572. The molecule has 108 valence electrons. The van der Waals surface area contributed by atoms with Gasteiger partial charge in [-0.15, -0.1) is 0 Å². The summed E-state index contributed by atoms with van der Waals surface area (Å²) in [5.74, 6) is 0. The predicted octanol–water partition coefficient (Wildman–Crippen LogP) is 3.34. The standard InChI is InChI=1S/C16H22BrN3/c1-3-14-16(17)15(20(4-2)19-14)11-13(18)10-12-8-6-5-7-9-12/h5-9,13H,3-4,10-11,18H2,1-2H3. The summed E-state index contributed by atoms with van der Waals surface area (Å²) in [5, 5.41) is 4.62. The Morgan fingerprint density at radius 1 is 1.20 bits per heavy atom. The van der Waals surface area contributed by atoms with Gasteiger partial charge in [0.15, 0.2) is 0 Å². The molecule has 2 aromatic rings. The normalized spacial score (nSPS) is 12.6. The van der Waals surface area contributed by atoms with E-state index in [1.165, 1.54) is 11.3 Å². The highest BCUT2D eigenvalue weighted by Gasteiger charge is 2.16. The maximum atomic E-state index is 6.32. The molecule has 1 aromatic heterocycles. The van der Waals surface area contributed by atoms with Crippen LogP contribution in [-0.4, -0.2) is 15.8 Å². The maximum absolute atomic E-state index is 6.32. The molecule has 20 heavy (non-hydrogen) atoms. The number of hydrogen-bond donors (Lipinski definition) is 1. The molecule has 2 N–H and O–H groups in total. The van der Waals surface area contributed by atoms with Gasteiger partial charge in [-0.25, -0.2) is 0 Å². The van der Waals surface area contributed by atoms with Gasteiger partial charge >= 0.3 is 0 Å². The maximum Gasteiger partial charge on any atom is 0.0766 e. The first-order chi connectivity index (χ1) is 9.65. The molecule has 3 nitrogen and oxygen atoms in total. The highest BCUT2D eigenvalue weighted by molar-refractivity contribution is 9.10. The molecular weight excluding hydrogens is 314 g/mol. The molecule has 0 fully saturated rings. The van der Waals surface area contributed by atoms with Crippen molar-refractivity contribution in [1.29, 1.82) is 0 Å². The fourth-order valence-corrected chi connectivity index (χ4v) is 3.18. The third-order valence-corrected chi connectivity index (χ3v) is 4.41. The number of rotatable bonds is 6. The Hall–Kier alpha value is -1.13. The fraction of sp³-hybridized carbons (Fsp3) is 0.438. The summed E-state index contributed by atoms with van der Waals surface area (Å²) in [5.41, 5.74) is 9.94. The zero-order chi connectivity index (χ0) is 14.5. The molecule has 1 aromatic carbocycles. The Labute approximate surface area is 129 Å². The molecule has 2 rings (SSSR count). The molecule has 0 aliphatic carbocycles. The Balaban J connectivity index is 2.11.